The number of esters is 1. The lowest BCUT2D eigenvalue weighted by molar-refractivity contribution is 0.0379. The zero-order valence-corrected chi connectivity index (χ0v) is 19.1. The maximum absolute atomic E-state index is 12.7. The second-order valence-electron chi connectivity index (χ2n) is 7.00. The number of hydrogen-bond acceptors (Lipinski definition) is 7. The van der Waals surface area contributed by atoms with Gasteiger partial charge in [-0.25, -0.2) is 9.48 Å². The molecule has 0 saturated carbocycles. The van der Waals surface area contributed by atoms with Crippen molar-refractivity contribution in [3.63, 3.8) is 0 Å². The summed E-state index contributed by atoms with van der Waals surface area (Å²) < 4.78 is 12.3. The Morgan fingerprint density at radius 3 is 2.69 bits per heavy atom. The molecular formula is C21H21ClN4O5S. The minimum atomic E-state index is -0.700. The van der Waals surface area contributed by atoms with E-state index in [-0.39, 0.29) is 34.0 Å². The second-order valence-corrected chi connectivity index (χ2v) is 8.46. The average Bonchev–Trinajstić information content (AvgIpc) is 3.30. The van der Waals surface area contributed by atoms with Gasteiger partial charge in [-0.2, -0.15) is 5.10 Å². The van der Waals surface area contributed by atoms with E-state index in [2.05, 4.69) is 10.4 Å². The number of benzene rings is 1. The van der Waals surface area contributed by atoms with E-state index in [4.69, 9.17) is 26.8 Å². The lowest BCUT2D eigenvalue weighted by Crippen LogP contribution is -2.18. The number of nitrogens with one attached hydrogen (secondary N) is 1. The number of nitrogens with zero attached hydrogens (tertiary/aromatic N) is 2. The molecule has 11 heteroatoms. The minimum Gasteiger partial charge on any atom is -0.471 e. The highest BCUT2D eigenvalue weighted by atomic mass is 35.5. The number of primary amides is 1. The van der Waals surface area contributed by atoms with Crippen LogP contribution in [0.3, 0.4) is 0 Å². The first-order chi connectivity index (χ1) is 15.2. The van der Waals surface area contributed by atoms with Gasteiger partial charge >= 0.3 is 5.97 Å². The molecule has 0 aliphatic heterocycles. The number of aromatic nitrogens is 2. The number of carbonyl (C=O) groups excluding carboxylic acids is 3. The molecule has 32 heavy (non-hydrogen) atoms. The molecule has 3 rings (SSSR count). The predicted octanol–water partition coefficient (Wildman–Crippen LogP) is 3.86. The molecule has 2 heterocycles. The number of ether oxygens (including phenoxy) is 2. The fourth-order valence-electron chi connectivity index (χ4n) is 2.77. The molecule has 0 saturated heterocycles. The van der Waals surface area contributed by atoms with Crippen LogP contribution in [-0.2, 0) is 11.5 Å². The number of carbonyl (C=O) groups is 3. The Labute approximate surface area is 193 Å². The van der Waals surface area contributed by atoms with Crippen molar-refractivity contribution in [2.24, 2.45) is 5.73 Å². The van der Waals surface area contributed by atoms with Gasteiger partial charge in [0, 0.05) is 11.2 Å². The van der Waals surface area contributed by atoms with Gasteiger partial charge in [0.15, 0.2) is 12.4 Å². The summed E-state index contributed by atoms with van der Waals surface area (Å²) in [6, 6.07) is 8.39. The normalized spacial score (nSPS) is 10.8. The second kappa shape index (κ2) is 9.84. The van der Waals surface area contributed by atoms with Gasteiger partial charge in [0.25, 0.3) is 11.8 Å². The van der Waals surface area contributed by atoms with E-state index in [9.17, 15) is 14.4 Å². The predicted molar refractivity (Wildman–Crippen MR) is 120 cm³/mol. The summed E-state index contributed by atoms with van der Waals surface area (Å²) in [5.74, 6) is -1.37. The van der Waals surface area contributed by atoms with E-state index in [1.54, 1.807) is 51.2 Å². The Hall–Kier alpha value is -3.37. The summed E-state index contributed by atoms with van der Waals surface area (Å²) in [6.45, 7) is 5.03. The van der Waals surface area contributed by atoms with E-state index in [1.165, 1.54) is 10.7 Å². The van der Waals surface area contributed by atoms with E-state index in [0.29, 0.717) is 16.3 Å². The molecule has 3 N–H and O–H groups in total. The molecule has 2 amide bonds. The van der Waals surface area contributed by atoms with Crippen molar-refractivity contribution >= 4 is 45.7 Å². The Balaban J connectivity index is 1.76. The Morgan fingerprint density at radius 1 is 1.28 bits per heavy atom. The number of rotatable bonds is 8. The summed E-state index contributed by atoms with van der Waals surface area (Å²) in [7, 11) is 0. The van der Waals surface area contributed by atoms with Crippen molar-refractivity contribution in [3.05, 3.63) is 63.2 Å². The number of hydrogen-bond donors (Lipinski definition) is 2. The summed E-state index contributed by atoms with van der Waals surface area (Å²) in [5, 5.41) is 7.51. The van der Waals surface area contributed by atoms with Gasteiger partial charge < -0.3 is 20.5 Å². The van der Waals surface area contributed by atoms with Crippen LogP contribution in [-0.4, -0.2) is 33.7 Å². The molecule has 9 nitrogen and oxygen atoms in total. The third kappa shape index (κ3) is 5.45. The lowest BCUT2D eigenvalue weighted by Gasteiger charge is -2.10. The van der Waals surface area contributed by atoms with Crippen LogP contribution < -0.4 is 15.8 Å². The van der Waals surface area contributed by atoms with Gasteiger partial charge in [0.2, 0.25) is 0 Å². The SMILES string of the molecule is Cc1c(C(N)=O)sc(NC(=O)c2ccn(COc3cccc(Cl)c3)n2)c1C(=O)OC(C)C. The standard InChI is InChI=1S/C21H21ClN4O5S/c1-11(2)31-21(29)16-12(3)17(18(23)27)32-20(16)24-19(28)15-7-8-26(25-15)10-30-14-6-4-5-13(22)9-14/h4-9,11H,10H2,1-3H3,(H2,23,27)(H,24,28). The fourth-order valence-corrected chi connectivity index (χ4v) is 4.00. The quantitative estimate of drug-likeness (QED) is 0.475. The van der Waals surface area contributed by atoms with Crippen molar-refractivity contribution in [3.8, 4) is 5.75 Å². The molecule has 0 aliphatic carbocycles. The van der Waals surface area contributed by atoms with Crippen LogP contribution in [0.25, 0.3) is 0 Å². The first-order valence-electron chi connectivity index (χ1n) is 9.53. The summed E-state index contributed by atoms with van der Waals surface area (Å²) >= 11 is 6.84. The van der Waals surface area contributed by atoms with Gasteiger partial charge in [0.1, 0.15) is 10.8 Å². The van der Waals surface area contributed by atoms with Crippen LogP contribution in [0.2, 0.25) is 5.02 Å². The lowest BCUT2D eigenvalue weighted by atomic mass is 10.1. The van der Waals surface area contributed by atoms with Crippen molar-refractivity contribution < 1.29 is 23.9 Å². The van der Waals surface area contributed by atoms with E-state index < -0.39 is 17.8 Å². The van der Waals surface area contributed by atoms with Crippen LogP contribution in [0.15, 0.2) is 36.5 Å². The summed E-state index contributed by atoms with van der Waals surface area (Å²) in [4.78, 5) is 37.2. The summed E-state index contributed by atoms with van der Waals surface area (Å²) in [6.07, 6.45) is 1.19. The van der Waals surface area contributed by atoms with Crippen molar-refractivity contribution in [1.82, 2.24) is 9.78 Å². The minimum absolute atomic E-state index is 0.0590. The zero-order valence-electron chi connectivity index (χ0n) is 17.5. The number of halogens is 1. The molecule has 0 fully saturated rings. The van der Waals surface area contributed by atoms with Gasteiger partial charge in [-0.15, -0.1) is 11.3 Å². The first-order valence-corrected chi connectivity index (χ1v) is 10.7. The molecule has 0 unspecified atom stereocenters. The third-order valence-electron chi connectivity index (χ3n) is 4.18. The van der Waals surface area contributed by atoms with Crippen molar-refractivity contribution in [2.45, 2.75) is 33.6 Å². The molecule has 0 radical (unpaired) electrons. The van der Waals surface area contributed by atoms with Crippen LogP contribution in [0, 0.1) is 6.92 Å². The molecule has 0 aliphatic rings. The number of amides is 2. The molecule has 0 spiro atoms. The van der Waals surface area contributed by atoms with Crippen LogP contribution in [0.4, 0.5) is 5.00 Å². The highest BCUT2D eigenvalue weighted by molar-refractivity contribution is 7.18. The molecular weight excluding hydrogens is 456 g/mol. The third-order valence-corrected chi connectivity index (χ3v) is 5.63. The first kappa shape index (κ1) is 23.3. The average molecular weight is 477 g/mol. The van der Waals surface area contributed by atoms with Gasteiger partial charge in [-0.05, 0) is 50.6 Å². The smallest absolute Gasteiger partial charge is 0.341 e. The molecule has 2 aromatic heterocycles. The topological polar surface area (TPSA) is 126 Å². The molecule has 168 valence electrons. The van der Waals surface area contributed by atoms with E-state index in [1.807, 2.05) is 0 Å². The van der Waals surface area contributed by atoms with Crippen molar-refractivity contribution in [2.75, 3.05) is 5.32 Å². The molecule has 0 atom stereocenters. The van der Waals surface area contributed by atoms with Gasteiger partial charge in [0.05, 0.1) is 16.5 Å². The Kier molecular flexibility index (Phi) is 7.16. The molecule has 0 bridgehead atoms. The monoisotopic (exact) mass is 476 g/mol. The van der Waals surface area contributed by atoms with Crippen molar-refractivity contribution in [1.29, 1.82) is 0 Å². The maximum Gasteiger partial charge on any atom is 0.341 e. The fraction of sp³-hybridized carbons (Fsp3) is 0.238. The largest absolute Gasteiger partial charge is 0.471 e. The van der Waals surface area contributed by atoms with Crippen LogP contribution in [0.1, 0.15) is 49.9 Å². The number of thiophene rings is 1. The van der Waals surface area contributed by atoms with Gasteiger partial charge in [-0.1, -0.05) is 17.7 Å². The summed E-state index contributed by atoms with van der Waals surface area (Å²) in [5.41, 5.74) is 5.94. The van der Waals surface area contributed by atoms with Crippen LogP contribution >= 0.6 is 22.9 Å². The number of anilines is 1. The molecule has 1 aromatic carbocycles. The zero-order chi connectivity index (χ0) is 23.4. The van der Waals surface area contributed by atoms with E-state index >= 15 is 0 Å². The highest BCUT2D eigenvalue weighted by Gasteiger charge is 2.27. The Morgan fingerprint density at radius 2 is 2.03 bits per heavy atom. The number of nitrogens with two attached hydrogens (primary N) is 1. The maximum atomic E-state index is 12.7. The highest BCUT2D eigenvalue weighted by Crippen LogP contribution is 2.34. The van der Waals surface area contributed by atoms with Gasteiger partial charge in [-0.3, -0.25) is 9.59 Å². The Bertz CT molecular complexity index is 1170. The van der Waals surface area contributed by atoms with E-state index in [0.717, 1.165) is 11.3 Å². The molecule has 3 aromatic rings. The van der Waals surface area contributed by atoms with Crippen LogP contribution in [0.5, 0.6) is 5.75 Å².